The zero-order valence-electron chi connectivity index (χ0n) is 14.4. The van der Waals surface area contributed by atoms with Gasteiger partial charge in [0.05, 0.1) is 16.8 Å². The van der Waals surface area contributed by atoms with Crippen LogP contribution in [-0.2, 0) is 12.6 Å². The summed E-state index contributed by atoms with van der Waals surface area (Å²) in [5, 5.41) is 1.01. The molecule has 4 rings (SSSR count). The van der Waals surface area contributed by atoms with Crippen LogP contribution in [0.25, 0.3) is 22.2 Å². The molecule has 0 spiro atoms. The highest BCUT2D eigenvalue weighted by molar-refractivity contribution is 5.83. The van der Waals surface area contributed by atoms with Crippen molar-refractivity contribution in [3.63, 3.8) is 0 Å². The predicted molar refractivity (Wildman–Crippen MR) is 101 cm³/mol. The molecule has 0 N–H and O–H groups in total. The normalized spacial score (nSPS) is 11.7. The second kappa shape index (κ2) is 6.88. The third-order valence-electron chi connectivity index (χ3n) is 4.53. The van der Waals surface area contributed by atoms with Crippen LogP contribution in [0.4, 0.5) is 13.2 Å². The fraction of sp³-hybridized carbons (Fsp3) is 0.0870. The number of hydrogen-bond acceptors (Lipinski definition) is 1. The van der Waals surface area contributed by atoms with E-state index in [-0.39, 0.29) is 0 Å². The summed E-state index contributed by atoms with van der Waals surface area (Å²) >= 11 is 0. The summed E-state index contributed by atoms with van der Waals surface area (Å²) in [6.45, 7) is 0. The lowest BCUT2D eigenvalue weighted by Crippen LogP contribution is -2.04. The van der Waals surface area contributed by atoms with E-state index in [9.17, 15) is 13.2 Å². The van der Waals surface area contributed by atoms with Crippen LogP contribution in [0.1, 0.15) is 16.7 Å². The topological polar surface area (TPSA) is 12.9 Å². The van der Waals surface area contributed by atoms with Crippen LogP contribution in [0.15, 0.2) is 84.9 Å². The van der Waals surface area contributed by atoms with Gasteiger partial charge in [-0.25, -0.2) is 4.98 Å². The van der Waals surface area contributed by atoms with Crippen molar-refractivity contribution in [2.75, 3.05) is 0 Å². The van der Waals surface area contributed by atoms with E-state index < -0.39 is 11.7 Å². The second-order valence-electron chi connectivity index (χ2n) is 6.43. The quantitative estimate of drug-likeness (QED) is 0.404. The number of alkyl halides is 3. The maximum absolute atomic E-state index is 12.9. The minimum Gasteiger partial charge on any atom is -0.247 e. The molecule has 0 amide bonds. The van der Waals surface area contributed by atoms with E-state index in [1.807, 2.05) is 54.6 Å². The highest BCUT2D eigenvalue weighted by Gasteiger charge is 2.30. The average Bonchev–Trinajstić information content (AvgIpc) is 2.68. The third kappa shape index (κ3) is 3.70. The number of halogens is 3. The summed E-state index contributed by atoms with van der Waals surface area (Å²) in [4.78, 5) is 4.75. The van der Waals surface area contributed by atoms with Gasteiger partial charge in [-0.3, -0.25) is 0 Å². The van der Waals surface area contributed by atoms with E-state index in [2.05, 4.69) is 6.07 Å². The number of rotatable bonds is 3. The number of benzene rings is 3. The van der Waals surface area contributed by atoms with Crippen molar-refractivity contribution in [1.82, 2.24) is 4.98 Å². The Morgan fingerprint density at radius 2 is 1.41 bits per heavy atom. The molecule has 0 aliphatic heterocycles. The van der Waals surface area contributed by atoms with Crippen molar-refractivity contribution in [1.29, 1.82) is 0 Å². The standard InChI is InChI=1S/C23H16F3N/c24-23(25,26)20-12-10-17(11-13-20)22-19(14-16-6-2-1-3-7-16)15-18-8-4-5-9-21(18)27-22/h1-13,15H,14H2. The van der Waals surface area contributed by atoms with Gasteiger partial charge in [-0.15, -0.1) is 0 Å². The molecule has 0 bridgehead atoms. The van der Waals surface area contributed by atoms with Crippen molar-refractivity contribution < 1.29 is 13.2 Å². The molecule has 0 fully saturated rings. The minimum atomic E-state index is -4.35. The van der Waals surface area contributed by atoms with Crippen LogP contribution in [-0.4, -0.2) is 4.98 Å². The minimum absolute atomic E-state index is 0.656. The third-order valence-corrected chi connectivity index (χ3v) is 4.53. The van der Waals surface area contributed by atoms with Crippen molar-refractivity contribution >= 4 is 10.9 Å². The number of pyridine rings is 1. The maximum atomic E-state index is 12.9. The van der Waals surface area contributed by atoms with Gasteiger partial charge in [0.25, 0.3) is 0 Å². The van der Waals surface area contributed by atoms with Gasteiger partial charge in [-0.05, 0) is 41.8 Å². The first-order valence-corrected chi connectivity index (χ1v) is 8.61. The van der Waals surface area contributed by atoms with Gasteiger partial charge in [0.1, 0.15) is 0 Å². The van der Waals surface area contributed by atoms with Gasteiger partial charge < -0.3 is 0 Å². The van der Waals surface area contributed by atoms with Crippen molar-refractivity contribution in [2.24, 2.45) is 0 Å². The van der Waals surface area contributed by atoms with Gasteiger partial charge in [-0.1, -0.05) is 60.7 Å². The van der Waals surface area contributed by atoms with Gasteiger partial charge >= 0.3 is 6.18 Å². The first-order chi connectivity index (χ1) is 13.0. The highest BCUT2D eigenvalue weighted by Crippen LogP contribution is 2.32. The summed E-state index contributed by atoms with van der Waals surface area (Å²) in [6, 6.07) is 25.0. The van der Waals surface area contributed by atoms with Gasteiger partial charge in [0.15, 0.2) is 0 Å². The van der Waals surface area contributed by atoms with Crippen LogP contribution >= 0.6 is 0 Å². The van der Waals surface area contributed by atoms with E-state index in [0.717, 1.165) is 34.2 Å². The summed E-state index contributed by atoms with van der Waals surface area (Å²) in [5.41, 5.74) is 3.68. The molecule has 0 atom stereocenters. The SMILES string of the molecule is FC(F)(F)c1ccc(-c2nc3ccccc3cc2Cc2ccccc2)cc1. The van der Waals surface area contributed by atoms with Crippen molar-refractivity contribution in [2.45, 2.75) is 12.6 Å². The Kier molecular flexibility index (Phi) is 4.40. The smallest absolute Gasteiger partial charge is 0.247 e. The van der Waals surface area contributed by atoms with E-state index >= 15 is 0 Å². The molecule has 3 aromatic carbocycles. The molecular formula is C23H16F3N. The molecule has 0 radical (unpaired) electrons. The van der Waals surface area contributed by atoms with E-state index in [4.69, 9.17) is 4.98 Å². The molecule has 0 unspecified atom stereocenters. The number of fused-ring (bicyclic) bond motifs is 1. The second-order valence-corrected chi connectivity index (χ2v) is 6.43. The lowest BCUT2D eigenvalue weighted by atomic mass is 9.97. The fourth-order valence-corrected chi connectivity index (χ4v) is 3.18. The van der Waals surface area contributed by atoms with Crippen molar-refractivity contribution in [3.05, 3.63) is 102 Å². The van der Waals surface area contributed by atoms with Crippen LogP contribution in [0.2, 0.25) is 0 Å². The summed E-state index contributed by atoms with van der Waals surface area (Å²) in [6.07, 6.45) is -3.68. The van der Waals surface area contributed by atoms with Gasteiger partial charge in [0.2, 0.25) is 0 Å². The number of nitrogens with zero attached hydrogens (tertiary/aromatic N) is 1. The molecule has 134 valence electrons. The zero-order valence-corrected chi connectivity index (χ0v) is 14.4. The van der Waals surface area contributed by atoms with E-state index in [1.165, 1.54) is 12.1 Å². The lowest BCUT2D eigenvalue weighted by Gasteiger charge is -2.13. The predicted octanol–water partition coefficient (Wildman–Crippen LogP) is 6.51. The number of para-hydroxylation sites is 1. The zero-order chi connectivity index (χ0) is 18.9. The van der Waals surface area contributed by atoms with Gasteiger partial charge in [0, 0.05) is 10.9 Å². The Labute approximate surface area is 155 Å². The lowest BCUT2D eigenvalue weighted by molar-refractivity contribution is -0.137. The Morgan fingerprint density at radius 3 is 2.11 bits per heavy atom. The molecular weight excluding hydrogens is 347 g/mol. The molecule has 1 aromatic heterocycles. The molecule has 4 aromatic rings. The summed E-state index contributed by atoms with van der Waals surface area (Å²) in [7, 11) is 0. The van der Waals surface area contributed by atoms with Crippen molar-refractivity contribution in [3.8, 4) is 11.3 Å². The summed E-state index contributed by atoms with van der Waals surface area (Å²) in [5.74, 6) is 0. The number of aromatic nitrogens is 1. The molecule has 1 heterocycles. The molecule has 1 nitrogen and oxygen atoms in total. The van der Waals surface area contributed by atoms with Crippen LogP contribution in [0.5, 0.6) is 0 Å². The first kappa shape index (κ1) is 17.3. The molecule has 0 aliphatic rings. The van der Waals surface area contributed by atoms with E-state index in [1.54, 1.807) is 0 Å². The largest absolute Gasteiger partial charge is 0.416 e. The molecule has 4 heteroatoms. The van der Waals surface area contributed by atoms with Crippen LogP contribution in [0.3, 0.4) is 0 Å². The molecule has 27 heavy (non-hydrogen) atoms. The Hall–Kier alpha value is -3.14. The van der Waals surface area contributed by atoms with Crippen LogP contribution in [0, 0.1) is 0 Å². The fourth-order valence-electron chi connectivity index (χ4n) is 3.18. The van der Waals surface area contributed by atoms with Gasteiger partial charge in [-0.2, -0.15) is 13.2 Å². The van der Waals surface area contributed by atoms with E-state index in [0.29, 0.717) is 17.7 Å². The summed E-state index contributed by atoms with van der Waals surface area (Å²) < 4.78 is 38.6. The molecule has 0 aliphatic carbocycles. The maximum Gasteiger partial charge on any atom is 0.416 e. The Balaban J connectivity index is 1.83. The number of hydrogen-bond donors (Lipinski definition) is 0. The van der Waals surface area contributed by atoms with Crippen LogP contribution < -0.4 is 0 Å². The average molecular weight is 363 g/mol. The first-order valence-electron chi connectivity index (χ1n) is 8.61. The molecule has 0 saturated carbocycles. The monoisotopic (exact) mass is 363 g/mol. The molecule has 0 saturated heterocycles. The highest BCUT2D eigenvalue weighted by atomic mass is 19.4. The Morgan fingerprint density at radius 1 is 0.741 bits per heavy atom. The Bertz CT molecular complexity index is 1070.